The Morgan fingerprint density at radius 1 is 1.46 bits per heavy atom. The topological polar surface area (TPSA) is 16.1 Å². The minimum Gasteiger partial charge on any atom is -0.302 e. The number of likely N-dealkylation sites (N-methyl/N-ethyl adjacent to an activating group) is 1. The zero-order chi connectivity index (χ0) is 9.26. The molecule has 0 amide bonds. The van der Waals surface area contributed by atoms with Gasteiger partial charge in [-0.05, 0) is 25.1 Å². The summed E-state index contributed by atoms with van der Waals surface area (Å²) >= 11 is 0. The Kier molecular flexibility index (Phi) is 2.32. The van der Waals surface area contributed by atoms with Gasteiger partial charge in [0, 0.05) is 30.9 Å². The molecule has 2 rings (SSSR count). The molecule has 0 N–H and O–H groups in total. The summed E-state index contributed by atoms with van der Waals surface area (Å²) in [6.07, 6.45) is 2.16. The monoisotopic (exact) mass is 176 g/mol. The van der Waals surface area contributed by atoms with Crippen LogP contribution in [0.1, 0.15) is 23.9 Å². The number of fused-ring (bicyclic) bond motifs is 1. The average Bonchev–Trinajstić information content (AvgIpc) is 2.17. The molecule has 0 spiro atoms. The summed E-state index contributed by atoms with van der Waals surface area (Å²) in [5, 5.41) is 0. The van der Waals surface area contributed by atoms with E-state index < -0.39 is 0 Å². The van der Waals surface area contributed by atoms with E-state index in [1.165, 1.54) is 17.0 Å². The highest BCUT2D eigenvalue weighted by Gasteiger charge is 2.13. The molecule has 2 nitrogen and oxygen atoms in total. The number of rotatable bonds is 1. The van der Waals surface area contributed by atoms with Crippen molar-refractivity contribution in [2.45, 2.75) is 26.3 Å². The third-order valence-electron chi connectivity index (χ3n) is 2.66. The van der Waals surface area contributed by atoms with Crippen molar-refractivity contribution in [1.82, 2.24) is 9.88 Å². The zero-order valence-electron chi connectivity index (χ0n) is 8.38. The molecule has 0 unspecified atom stereocenters. The normalized spacial score (nSPS) is 17.1. The smallest absolute Gasteiger partial charge is 0.0464 e. The van der Waals surface area contributed by atoms with Crippen molar-refractivity contribution in [2.75, 3.05) is 13.6 Å². The maximum absolute atomic E-state index is 4.64. The Hall–Kier alpha value is -0.890. The van der Waals surface area contributed by atoms with Gasteiger partial charge < -0.3 is 4.90 Å². The molecule has 0 saturated heterocycles. The predicted octanol–water partition coefficient (Wildman–Crippen LogP) is 1.63. The van der Waals surface area contributed by atoms with Gasteiger partial charge in [-0.1, -0.05) is 13.0 Å². The maximum atomic E-state index is 4.64. The predicted molar refractivity (Wildman–Crippen MR) is 53.7 cm³/mol. The molecule has 0 fully saturated rings. The van der Waals surface area contributed by atoms with E-state index in [0.717, 1.165) is 25.9 Å². The minimum absolute atomic E-state index is 1.04. The molecule has 2 heteroatoms. The van der Waals surface area contributed by atoms with Gasteiger partial charge in [0.1, 0.15) is 0 Å². The lowest BCUT2D eigenvalue weighted by atomic mass is 10.1. The van der Waals surface area contributed by atoms with Crippen molar-refractivity contribution in [3.63, 3.8) is 0 Å². The van der Waals surface area contributed by atoms with Crippen molar-refractivity contribution >= 4 is 0 Å². The van der Waals surface area contributed by atoms with E-state index in [1.807, 2.05) is 0 Å². The van der Waals surface area contributed by atoms with Crippen molar-refractivity contribution in [2.24, 2.45) is 0 Å². The fraction of sp³-hybridized carbons (Fsp3) is 0.545. The fourth-order valence-corrected chi connectivity index (χ4v) is 1.80. The van der Waals surface area contributed by atoms with Crippen LogP contribution in [0.2, 0.25) is 0 Å². The van der Waals surface area contributed by atoms with Crippen LogP contribution in [-0.2, 0) is 19.4 Å². The summed E-state index contributed by atoms with van der Waals surface area (Å²) in [7, 11) is 2.16. The number of hydrogen-bond donors (Lipinski definition) is 0. The van der Waals surface area contributed by atoms with Crippen LogP contribution in [0.15, 0.2) is 12.1 Å². The molecule has 0 bridgehead atoms. The van der Waals surface area contributed by atoms with E-state index >= 15 is 0 Å². The van der Waals surface area contributed by atoms with E-state index in [-0.39, 0.29) is 0 Å². The van der Waals surface area contributed by atoms with Crippen LogP contribution in [0.3, 0.4) is 0 Å². The molecule has 1 aromatic rings. The van der Waals surface area contributed by atoms with Crippen LogP contribution >= 0.6 is 0 Å². The molecular formula is C11H16N2. The molecule has 2 heterocycles. The second-order valence-electron chi connectivity index (χ2n) is 3.75. The van der Waals surface area contributed by atoms with E-state index in [9.17, 15) is 0 Å². The largest absolute Gasteiger partial charge is 0.302 e. The number of nitrogens with zero attached hydrogens (tertiary/aromatic N) is 2. The molecule has 0 saturated carbocycles. The van der Waals surface area contributed by atoms with Gasteiger partial charge in [-0.25, -0.2) is 0 Å². The molecule has 1 aliphatic heterocycles. The van der Waals surface area contributed by atoms with Crippen LogP contribution in [0.25, 0.3) is 0 Å². The van der Waals surface area contributed by atoms with Crippen molar-refractivity contribution in [3.05, 3.63) is 29.1 Å². The van der Waals surface area contributed by atoms with Gasteiger partial charge >= 0.3 is 0 Å². The van der Waals surface area contributed by atoms with Crippen LogP contribution in [0.4, 0.5) is 0 Å². The first kappa shape index (κ1) is 8.70. The van der Waals surface area contributed by atoms with Crippen LogP contribution in [-0.4, -0.2) is 23.5 Å². The molecule has 0 aliphatic carbocycles. The summed E-state index contributed by atoms with van der Waals surface area (Å²) in [5.74, 6) is 0. The average molecular weight is 176 g/mol. The summed E-state index contributed by atoms with van der Waals surface area (Å²) < 4.78 is 0. The van der Waals surface area contributed by atoms with E-state index in [2.05, 4.69) is 36.0 Å². The first-order valence-electron chi connectivity index (χ1n) is 4.96. The van der Waals surface area contributed by atoms with Gasteiger partial charge in [-0.3, -0.25) is 4.98 Å². The summed E-state index contributed by atoms with van der Waals surface area (Å²) in [6.45, 7) is 4.36. The van der Waals surface area contributed by atoms with Gasteiger partial charge in [-0.15, -0.1) is 0 Å². The Balaban J connectivity index is 2.31. The van der Waals surface area contributed by atoms with Crippen molar-refractivity contribution < 1.29 is 0 Å². The Labute approximate surface area is 79.6 Å². The third-order valence-corrected chi connectivity index (χ3v) is 2.66. The summed E-state index contributed by atoms with van der Waals surface area (Å²) in [4.78, 5) is 6.98. The number of aromatic nitrogens is 1. The SMILES string of the molecule is CCc1ccc2c(n1)CCN(C)C2. The van der Waals surface area contributed by atoms with E-state index in [1.54, 1.807) is 0 Å². The van der Waals surface area contributed by atoms with Crippen LogP contribution in [0, 0.1) is 0 Å². The van der Waals surface area contributed by atoms with E-state index in [4.69, 9.17) is 0 Å². The highest BCUT2D eigenvalue weighted by molar-refractivity contribution is 5.25. The van der Waals surface area contributed by atoms with Crippen molar-refractivity contribution in [3.8, 4) is 0 Å². The van der Waals surface area contributed by atoms with Gasteiger partial charge in [-0.2, -0.15) is 0 Å². The second kappa shape index (κ2) is 3.46. The molecule has 0 atom stereocenters. The molecule has 0 aromatic carbocycles. The molecular weight excluding hydrogens is 160 g/mol. The number of pyridine rings is 1. The fourth-order valence-electron chi connectivity index (χ4n) is 1.80. The molecule has 70 valence electrons. The van der Waals surface area contributed by atoms with Crippen LogP contribution < -0.4 is 0 Å². The lowest BCUT2D eigenvalue weighted by Gasteiger charge is -2.24. The third kappa shape index (κ3) is 1.73. The standard InChI is InChI=1S/C11H16N2/c1-3-10-5-4-9-8-13(2)7-6-11(9)12-10/h4-5H,3,6-8H2,1-2H3. The lowest BCUT2D eigenvalue weighted by molar-refractivity contribution is 0.309. The molecule has 13 heavy (non-hydrogen) atoms. The van der Waals surface area contributed by atoms with Gasteiger partial charge in [0.2, 0.25) is 0 Å². The van der Waals surface area contributed by atoms with Gasteiger partial charge in [0.25, 0.3) is 0 Å². The second-order valence-corrected chi connectivity index (χ2v) is 3.75. The molecule has 1 aromatic heterocycles. The minimum atomic E-state index is 1.04. The Morgan fingerprint density at radius 2 is 2.31 bits per heavy atom. The molecule has 1 aliphatic rings. The van der Waals surface area contributed by atoms with Gasteiger partial charge in [0.05, 0.1) is 0 Å². The van der Waals surface area contributed by atoms with Crippen LogP contribution in [0.5, 0.6) is 0 Å². The highest BCUT2D eigenvalue weighted by Crippen LogP contribution is 2.16. The van der Waals surface area contributed by atoms with Crippen molar-refractivity contribution in [1.29, 1.82) is 0 Å². The Bertz CT molecular complexity index is 307. The first-order chi connectivity index (χ1) is 6.29. The zero-order valence-corrected chi connectivity index (χ0v) is 8.38. The molecule has 0 radical (unpaired) electrons. The summed E-state index contributed by atoms with van der Waals surface area (Å²) in [6, 6.07) is 4.38. The quantitative estimate of drug-likeness (QED) is 0.646. The van der Waals surface area contributed by atoms with Gasteiger partial charge in [0.15, 0.2) is 0 Å². The number of aryl methyl sites for hydroxylation is 1. The highest BCUT2D eigenvalue weighted by atomic mass is 15.1. The Morgan fingerprint density at radius 3 is 3.08 bits per heavy atom. The maximum Gasteiger partial charge on any atom is 0.0464 e. The van der Waals surface area contributed by atoms with E-state index in [0.29, 0.717) is 0 Å². The number of hydrogen-bond acceptors (Lipinski definition) is 2. The first-order valence-corrected chi connectivity index (χ1v) is 4.96. The lowest BCUT2D eigenvalue weighted by Crippen LogP contribution is -2.27. The summed E-state index contributed by atoms with van der Waals surface area (Å²) in [5.41, 5.74) is 3.95.